The summed E-state index contributed by atoms with van der Waals surface area (Å²) in [6.45, 7) is 4.98. The van der Waals surface area contributed by atoms with Gasteiger partial charge in [0.05, 0.1) is 7.11 Å². The average Bonchev–Trinajstić information content (AvgIpc) is 2.82. The Bertz CT molecular complexity index is 553. The number of hydrogen-bond acceptors (Lipinski definition) is 3. The quantitative estimate of drug-likeness (QED) is 0.891. The van der Waals surface area contributed by atoms with E-state index in [1.54, 1.807) is 23.5 Å². The lowest BCUT2D eigenvalue weighted by molar-refractivity contribution is 0.385. The lowest BCUT2D eigenvalue weighted by Crippen LogP contribution is -2.17. The summed E-state index contributed by atoms with van der Waals surface area (Å²) in [6.07, 6.45) is 0. The van der Waals surface area contributed by atoms with E-state index in [9.17, 15) is 4.39 Å². The second-order valence-electron chi connectivity index (χ2n) is 4.51. The van der Waals surface area contributed by atoms with E-state index in [1.807, 2.05) is 0 Å². The Hall–Kier alpha value is -1.39. The van der Waals surface area contributed by atoms with Gasteiger partial charge >= 0.3 is 0 Å². The highest BCUT2D eigenvalue weighted by molar-refractivity contribution is 7.11. The van der Waals surface area contributed by atoms with Crippen LogP contribution in [0, 0.1) is 12.7 Å². The Balaban J connectivity index is 2.01. The van der Waals surface area contributed by atoms with Gasteiger partial charge in [-0.3, -0.25) is 0 Å². The predicted molar refractivity (Wildman–Crippen MR) is 77.3 cm³/mol. The van der Waals surface area contributed by atoms with E-state index < -0.39 is 0 Å². The third-order valence-electron chi connectivity index (χ3n) is 3.05. The van der Waals surface area contributed by atoms with Crippen molar-refractivity contribution in [1.29, 1.82) is 0 Å². The number of hydrogen-bond donors (Lipinski definition) is 1. The third kappa shape index (κ3) is 3.55. The zero-order valence-corrected chi connectivity index (χ0v) is 12.2. The predicted octanol–water partition coefficient (Wildman–Crippen LogP) is 4.06. The van der Waals surface area contributed by atoms with E-state index in [0.29, 0.717) is 0 Å². The SMILES string of the molecule is COc1cc(C(C)NCc2ccc(C)s2)ccc1F. The highest BCUT2D eigenvalue weighted by atomic mass is 32.1. The molecule has 2 aromatic rings. The Labute approximate surface area is 117 Å². The molecule has 0 aliphatic rings. The van der Waals surface area contributed by atoms with Gasteiger partial charge in [0, 0.05) is 22.3 Å². The first-order valence-electron chi connectivity index (χ1n) is 6.22. The van der Waals surface area contributed by atoms with Crippen LogP contribution in [-0.2, 0) is 6.54 Å². The van der Waals surface area contributed by atoms with Gasteiger partial charge in [0.1, 0.15) is 0 Å². The van der Waals surface area contributed by atoms with E-state index in [1.165, 1.54) is 22.9 Å². The van der Waals surface area contributed by atoms with Crippen LogP contribution in [0.25, 0.3) is 0 Å². The van der Waals surface area contributed by atoms with Gasteiger partial charge < -0.3 is 10.1 Å². The maximum Gasteiger partial charge on any atom is 0.165 e. The third-order valence-corrected chi connectivity index (χ3v) is 4.05. The van der Waals surface area contributed by atoms with E-state index >= 15 is 0 Å². The zero-order chi connectivity index (χ0) is 13.8. The molecular formula is C15H18FNOS. The summed E-state index contributed by atoms with van der Waals surface area (Å²) in [4.78, 5) is 2.62. The molecule has 2 nitrogen and oxygen atoms in total. The van der Waals surface area contributed by atoms with Crippen molar-refractivity contribution in [2.24, 2.45) is 0 Å². The number of thiophene rings is 1. The molecule has 0 radical (unpaired) electrons. The van der Waals surface area contributed by atoms with Gasteiger partial charge in [-0.2, -0.15) is 0 Å². The largest absolute Gasteiger partial charge is 0.494 e. The van der Waals surface area contributed by atoms with Crippen molar-refractivity contribution >= 4 is 11.3 Å². The summed E-state index contributed by atoms with van der Waals surface area (Å²) in [7, 11) is 1.48. The average molecular weight is 279 g/mol. The fraction of sp³-hybridized carbons (Fsp3) is 0.333. The number of ether oxygens (including phenoxy) is 1. The first kappa shape index (κ1) is 14.0. The summed E-state index contributed by atoms with van der Waals surface area (Å²) in [5, 5.41) is 3.43. The van der Waals surface area contributed by atoms with Crippen LogP contribution < -0.4 is 10.1 Å². The molecule has 0 bridgehead atoms. The monoisotopic (exact) mass is 279 g/mol. The molecule has 0 saturated carbocycles. The molecule has 1 atom stereocenters. The van der Waals surface area contributed by atoms with E-state index in [2.05, 4.69) is 31.3 Å². The molecule has 19 heavy (non-hydrogen) atoms. The van der Waals surface area contributed by atoms with Gasteiger partial charge in [0.15, 0.2) is 11.6 Å². The molecule has 0 aliphatic carbocycles. The molecule has 1 aromatic heterocycles. The molecule has 4 heteroatoms. The van der Waals surface area contributed by atoms with Crippen LogP contribution in [-0.4, -0.2) is 7.11 Å². The summed E-state index contributed by atoms with van der Waals surface area (Å²) in [5.41, 5.74) is 1.02. The highest BCUT2D eigenvalue weighted by Gasteiger charge is 2.09. The molecule has 102 valence electrons. The summed E-state index contributed by atoms with van der Waals surface area (Å²) < 4.78 is 18.3. The van der Waals surface area contributed by atoms with Crippen LogP contribution in [0.2, 0.25) is 0 Å². The topological polar surface area (TPSA) is 21.3 Å². The molecule has 1 N–H and O–H groups in total. The van der Waals surface area contributed by atoms with Gasteiger partial charge in [-0.05, 0) is 43.7 Å². The maximum absolute atomic E-state index is 13.3. The van der Waals surface area contributed by atoms with Crippen molar-refractivity contribution in [3.63, 3.8) is 0 Å². The van der Waals surface area contributed by atoms with Crippen LogP contribution in [0.3, 0.4) is 0 Å². The molecular weight excluding hydrogens is 261 g/mol. The van der Waals surface area contributed by atoms with Crippen molar-refractivity contribution < 1.29 is 9.13 Å². The van der Waals surface area contributed by atoms with E-state index in [4.69, 9.17) is 4.74 Å². The summed E-state index contributed by atoms with van der Waals surface area (Å²) >= 11 is 1.79. The van der Waals surface area contributed by atoms with Crippen molar-refractivity contribution in [3.8, 4) is 5.75 Å². The smallest absolute Gasteiger partial charge is 0.165 e. The summed E-state index contributed by atoms with van der Waals surface area (Å²) in [6, 6.07) is 9.37. The summed E-state index contributed by atoms with van der Waals surface area (Å²) in [5.74, 6) is -0.0366. The minimum absolute atomic E-state index is 0.150. The number of aryl methyl sites for hydroxylation is 1. The molecule has 0 amide bonds. The highest BCUT2D eigenvalue weighted by Crippen LogP contribution is 2.23. The normalized spacial score (nSPS) is 12.4. The van der Waals surface area contributed by atoms with Gasteiger partial charge in [0.2, 0.25) is 0 Å². The Morgan fingerprint density at radius 3 is 2.74 bits per heavy atom. The van der Waals surface area contributed by atoms with Crippen LogP contribution in [0.1, 0.15) is 28.3 Å². The van der Waals surface area contributed by atoms with Crippen LogP contribution >= 0.6 is 11.3 Å². The van der Waals surface area contributed by atoms with Crippen molar-refractivity contribution in [2.75, 3.05) is 7.11 Å². The molecule has 0 fully saturated rings. The second-order valence-corrected chi connectivity index (χ2v) is 5.88. The lowest BCUT2D eigenvalue weighted by Gasteiger charge is -2.15. The molecule has 2 rings (SSSR count). The van der Waals surface area contributed by atoms with Gasteiger partial charge in [-0.25, -0.2) is 4.39 Å². The fourth-order valence-electron chi connectivity index (χ4n) is 1.90. The van der Waals surface area contributed by atoms with Gasteiger partial charge in [-0.1, -0.05) is 6.07 Å². The zero-order valence-electron chi connectivity index (χ0n) is 11.4. The number of methoxy groups -OCH3 is 1. The Morgan fingerprint density at radius 1 is 1.32 bits per heavy atom. The lowest BCUT2D eigenvalue weighted by atomic mass is 10.1. The van der Waals surface area contributed by atoms with Crippen molar-refractivity contribution in [1.82, 2.24) is 5.32 Å². The number of nitrogens with one attached hydrogen (secondary N) is 1. The Morgan fingerprint density at radius 2 is 2.11 bits per heavy atom. The minimum atomic E-state index is -0.327. The van der Waals surface area contributed by atoms with Crippen molar-refractivity contribution in [3.05, 3.63) is 51.5 Å². The molecule has 0 aliphatic heterocycles. The molecule has 0 saturated heterocycles. The number of benzene rings is 1. The van der Waals surface area contributed by atoms with Crippen LogP contribution in [0.5, 0.6) is 5.75 Å². The second kappa shape index (κ2) is 6.17. The van der Waals surface area contributed by atoms with E-state index in [0.717, 1.165) is 12.1 Å². The first-order valence-corrected chi connectivity index (χ1v) is 7.04. The molecule has 1 aromatic carbocycles. The number of halogens is 1. The van der Waals surface area contributed by atoms with Crippen molar-refractivity contribution in [2.45, 2.75) is 26.4 Å². The molecule has 0 spiro atoms. The van der Waals surface area contributed by atoms with Crippen LogP contribution in [0.15, 0.2) is 30.3 Å². The maximum atomic E-state index is 13.3. The molecule has 1 unspecified atom stereocenters. The van der Waals surface area contributed by atoms with Gasteiger partial charge in [0.25, 0.3) is 0 Å². The van der Waals surface area contributed by atoms with Crippen LogP contribution in [0.4, 0.5) is 4.39 Å². The first-order chi connectivity index (χ1) is 9.10. The minimum Gasteiger partial charge on any atom is -0.494 e. The Kier molecular flexibility index (Phi) is 4.56. The van der Waals surface area contributed by atoms with Gasteiger partial charge in [-0.15, -0.1) is 11.3 Å². The molecule has 1 heterocycles. The number of rotatable bonds is 5. The van der Waals surface area contributed by atoms with E-state index in [-0.39, 0.29) is 17.6 Å². The fourth-order valence-corrected chi connectivity index (χ4v) is 2.74. The standard InChI is InChI=1S/C15H18FNOS/c1-10-4-6-13(19-10)9-17-11(2)12-5-7-14(16)15(8-12)18-3/h4-8,11,17H,9H2,1-3H3.